The van der Waals surface area contributed by atoms with Crippen molar-refractivity contribution < 1.29 is 14.3 Å². The summed E-state index contributed by atoms with van der Waals surface area (Å²) in [5.74, 6) is 2.62. The van der Waals surface area contributed by atoms with Gasteiger partial charge < -0.3 is 20.1 Å². The molecule has 1 aliphatic heterocycles. The molecule has 0 fully saturated rings. The summed E-state index contributed by atoms with van der Waals surface area (Å²) >= 11 is 1.58. The Hall–Kier alpha value is -4.24. The zero-order chi connectivity index (χ0) is 28.2. The molecule has 0 saturated heterocycles. The van der Waals surface area contributed by atoms with Crippen LogP contribution in [-0.2, 0) is 10.5 Å². The summed E-state index contributed by atoms with van der Waals surface area (Å²) in [6.45, 7) is 8.65. The number of benzene rings is 3. The Morgan fingerprint density at radius 1 is 1.02 bits per heavy atom. The number of anilines is 2. The minimum atomic E-state index is -0.479. The summed E-state index contributed by atoms with van der Waals surface area (Å²) < 4.78 is 12.7. The first-order valence-corrected chi connectivity index (χ1v) is 14.2. The molecule has 9 heteroatoms. The van der Waals surface area contributed by atoms with Crippen molar-refractivity contribution in [3.05, 3.63) is 100 Å². The van der Waals surface area contributed by atoms with Gasteiger partial charge in [-0.05, 0) is 80.8 Å². The third kappa shape index (κ3) is 5.84. The molecule has 2 N–H and O–H groups in total. The van der Waals surface area contributed by atoms with Crippen molar-refractivity contribution in [2.24, 2.45) is 0 Å². The van der Waals surface area contributed by atoms with Gasteiger partial charge in [0, 0.05) is 17.1 Å². The lowest BCUT2D eigenvalue weighted by atomic mass is 9.95. The Labute approximate surface area is 238 Å². The third-order valence-corrected chi connectivity index (χ3v) is 7.67. The molecule has 0 aliphatic carbocycles. The van der Waals surface area contributed by atoms with Crippen LogP contribution in [0.2, 0.25) is 0 Å². The number of hydrogen-bond donors (Lipinski definition) is 2. The predicted octanol–water partition coefficient (Wildman–Crippen LogP) is 6.52. The van der Waals surface area contributed by atoms with Crippen molar-refractivity contribution in [1.82, 2.24) is 14.8 Å². The second-order valence-electron chi connectivity index (χ2n) is 9.63. The van der Waals surface area contributed by atoms with Crippen LogP contribution >= 0.6 is 11.8 Å². The largest absolute Gasteiger partial charge is 0.497 e. The summed E-state index contributed by atoms with van der Waals surface area (Å²) in [5, 5.41) is 11.9. The quantitative estimate of drug-likeness (QED) is 0.227. The van der Waals surface area contributed by atoms with Crippen LogP contribution < -0.4 is 20.1 Å². The van der Waals surface area contributed by atoms with E-state index in [0.717, 1.165) is 28.5 Å². The molecule has 40 heavy (non-hydrogen) atoms. The molecule has 1 amide bonds. The number of nitrogens with one attached hydrogen (secondary N) is 2. The van der Waals surface area contributed by atoms with Gasteiger partial charge in [0.2, 0.25) is 11.1 Å². The fourth-order valence-electron chi connectivity index (χ4n) is 4.73. The summed E-state index contributed by atoms with van der Waals surface area (Å²) in [6.07, 6.45) is 0. The summed E-state index contributed by atoms with van der Waals surface area (Å²) in [7, 11) is 1.61. The van der Waals surface area contributed by atoms with Gasteiger partial charge in [0.05, 0.1) is 19.3 Å². The molecule has 1 atom stereocenters. The highest BCUT2D eigenvalue weighted by atomic mass is 32.2. The average Bonchev–Trinajstić information content (AvgIpc) is 3.35. The normalized spacial score (nSPS) is 14.4. The first kappa shape index (κ1) is 27.3. The van der Waals surface area contributed by atoms with Crippen LogP contribution in [0.15, 0.2) is 83.2 Å². The lowest BCUT2D eigenvalue weighted by Crippen LogP contribution is -2.31. The monoisotopic (exact) mass is 555 g/mol. The third-order valence-electron chi connectivity index (χ3n) is 6.79. The lowest BCUT2D eigenvalue weighted by Gasteiger charge is -2.28. The molecule has 0 radical (unpaired) electrons. The van der Waals surface area contributed by atoms with E-state index in [-0.39, 0.29) is 5.91 Å². The number of aromatic nitrogens is 3. The predicted molar refractivity (Wildman–Crippen MR) is 159 cm³/mol. The minimum absolute atomic E-state index is 0.223. The Morgan fingerprint density at radius 2 is 1.75 bits per heavy atom. The van der Waals surface area contributed by atoms with Crippen LogP contribution in [0.3, 0.4) is 0 Å². The van der Waals surface area contributed by atoms with Crippen LogP contribution in [0, 0.1) is 13.8 Å². The van der Waals surface area contributed by atoms with Gasteiger partial charge in [0.15, 0.2) is 0 Å². The summed E-state index contributed by atoms with van der Waals surface area (Å²) in [4.78, 5) is 18.5. The Morgan fingerprint density at radius 3 is 2.42 bits per heavy atom. The van der Waals surface area contributed by atoms with Gasteiger partial charge >= 0.3 is 0 Å². The second-order valence-corrected chi connectivity index (χ2v) is 10.6. The molecule has 0 saturated carbocycles. The van der Waals surface area contributed by atoms with Crippen molar-refractivity contribution in [3.8, 4) is 11.5 Å². The van der Waals surface area contributed by atoms with Crippen molar-refractivity contribution >= 4 is 29.3 Å². The average molecular weight is 556 g/mol. The van der Waals surface area contributed by atoms with E-state index in [1.165, 1.54) is 16.7 Å². The number of aryl methyl sites for hydroxylation is 2. The minimum Gasteiger partial charge on any atom is -0.497 e. The Kier molecular flexibility index (Phi) is 8.11. The topological polar surface area (TPSA) is 90.3 Å². The maximum Gasteiger partial charge on any atom is 0.255 e. The fraction of sp³-hybridized carbons (Fsp3) is 0.258. The zero-order valence-corrected chi connectivity index (χ0v) is 24.1. The number of carbonyl (C=O) groups is 1. The highest BCUT2D eigenvalue weighted by molar-refractivity contribution is 7.98. The van der Waals surface area contributed by atoms with Crippen molar-refractivity contribution in [1.29, 1.82) is 0 Å². The number of nitrogens with zero attached hydrogens (tertiary/aromatic N) is 3. The molecule has 5 rings (SSSR count). The van der Waals surface area contributed by atoms with E-state index in [2.05, 4.69) is 42.7 Å². The van der Waals surface area contributed by atoms with E-state index in [4.69, 9.17) is 19.6 Å². The van der Waals surface area contributed by atoms with Crippen molar-refractivity contribution in [2.75, 3.05) is 24.4 Å². The molecular formula is C31H33N5O3S. The SMILES string of the molecule is CCOc1ccc(C2C(C(=O)Nc3ccc(OC)cc3)=C(C)Nc3nc(SCc4ccc(C)cc4C)nn32)cc1. The highest BCUT2D eigenvalue weighted by Crippen LogP contribution is 2.37. The standard InChI is InChI=1S/C31H33N5O3S/c1-6-39-26-13-9-22(10-14-26)28-27(29(37)33-24-11-15-25(38-5)16-12-24)21(4)32-30-34-31(35-36(28)30)40-18-23-8-7-19(2)17-20(23)3/h7-17,28H,6,18H2,1-5H3,(H,33,37)(H,32,34,35). The van der Waals surface area contributed by atoms with E-state index < -0.39 is 6.04 Å². The van der Waals surface area contributed by atoms with Crippen molar-refractivity contribution in [3.63, 3.8) is 0 Å². The van der Waals surface area contributed by atoms with Gasteiger partial charge in [-0.15, -0.1) is 5.10 Å². The van der Waals surface area contributed by atoms with Crippen LogP contribution in [0.1, 0.15) is 42.1 Å². The molecule has 0 spiro atoms. The summed E-state index contributed by atoms with van der Waals surface area (Å²) in [6, 6.07) is 21.0. The van der Waals surface area contributed by atoms with Crippen LogP contribution in [0.4, 0.5) is 11.6 Å². The van der Waals surface area contributed by atoms with Gasteiger partial charge in [0.1, 0.15) is 17.5 Å². The first-order valence-electron chi connectivity index (χ1n) is 13.2. The number of ether oxygens (including phenoxy) is 2. The smallest absolute Gasteiger partial charge is 0.255 e. The number of amides is 1. The van der Waals surface area contributed by atoms with Crippen LogP contribution in [0.5, 0.6) is 11.5 Å². The maximum absolute atomic E-state index is 13.7. The summed E-state index contributed by atoms with van der Waals surface area (Å²) in [5.41, 5.74) is 6.59. The molecule has 1 aromatic heterocycles. The fourth-order valence-corrected chi connectivity index (χ4v) is 5.64. The van der Waals surface area contributed by atoms with E-state index in [1.54, 1.807) is 23.6 Å². The number of carbonyl (C=O) groups excluding carboxylic acids is 1. The molecule has 3 aromatic carbocycles. The molecule has 8 nitrogen and oxygen atoms in total. The van der Waals surface area contributed by atoms with Gasteiger partial charge in [-0.3, -0.25) is 4.79 Å². The van der Waals surface area contributed by atoms with E-state index in [9.17, 15) is 4.79 Å². The number of rotatable bonds is 9. The number of hydrogen-bond acceptors (Lipinski definition) is 7. The van der Waals surface area contributed by atoms with Crippen molar-refractivity contribution in [2.45, 2.75) is 44.6 Å². The molecule has 4 aromatic rings. The maximum atomic E-state index is 13.7. The molecule has 206 valence electrons. The van der Waals surface area contributed by atoms with Gasteiger partial charge in [-0.2, -0.15) is 4.98 Å². The zero-order valence-electron chi connectivity index (χ0n) is 23.3. The highest BCUT2D eigenvalue weighted by Gasteiger charge is 2.34. The Balaban J connectivity index is 1.47. The molecule has 1 aliphatic rings. The van der Waals surface area contributed by atoms with Gasteiger partial charge in [-0.1, -0.05) is 47.7 Å². The van der Waals surface area contributed by atoms with E-state index in [1.807, 2.05) is 62.4 Å². The number of methoxy groups -OCH3 is 1. The molecule has 1 unspecified atom stereocenters. The van der Waals surface area contributed by atoms with E-state index in [0.29, 0.717) is 29.0 Å². The van der Waals surface area contributed by atoms with Crippen LogP contribution in [-0.4, -0.2) is 34.4 Å². The lowest BCUT2D eigenvalue weighted by molar-refractivity contribution is -0.113. The second kappa shape index (κ2) is 11.9. The molecular weight excluding hydrogens is 522 g/mol. The molecule has 2 heterocycles. The van der Waals surface area contributed by atoms with Crippen LogP contribution in [0.25, 0.3) is 0 Å². The van der Waals surface area contributed by atoms with Gasteiger partial charge in [-0.25, -0.2) is 4.68 Å². The molecule has 0 bridgehead atoms. The first-order chi connectivity index (χ1) is 19.4. The number of thioether (sulfide) groups is 1. The number of allylic oxidation sites excluding steroid dienone is 1. The van der Waals surface area contributed by atoms with Gasteiger partial charge in [0.25, 0.3) is 5.91 Å². The number of fused-ring (bicyclic) bond motifs is 1. The Bertz CT molecular complexity index is 1540. The van der Waals surface area contributed by atoms with E-state index >= 15 is 0 Å².